The van der Waals surface area contributed by atoms with E-state index in [1.54, 1.807) is 0 Å². The van der Waals surface area contributed by atoms with Gasteiger partial charge < -0.3 is 18.3 Å². The quantitative estimate of drug-likeness (QED) is 0.345. The first-order valence-corrected chi connectivity index (χ1v) is 8.95. The summed E-state index contributed by atoms with van der Waals surface area (Å²) >= 11 is 0. The molecule has 17 heavy (non-hydrogen) atoms. The van der Waals surface area contributed by atoms with Gasteiger partial charge in [-0.2, -0.15) is 0 Å². The van der Waals surface area contributed by atoms with E-state index in [4.69, 9.17) is 18.3 Å². The van der Waals surface area contributed by atoms with Crippen LogP contribution in [0.15, 0.2) is 0 Å². The number of epoxide rings is 1. The van der Waals surface area contributed by atoms with Crippen molar-refractivity contribution in [2.75, 3.05) is 19.8 Å². The number of rotatable bonds is 10. The molecule has 1 aliphatic heterocycles. The Kier molecular flexibility index (Phi) is 6.65. The molecular weight excluding hydrogens is 236 g/mol. The zero-order valence-electron chi connectivity index (χ0n) is 11.5. The number of hydrogen-bond acceptors (Lipinski definition) is 4. The normalized spacial score (nSPS) is 24.0. The summed E-state index contributed by atoms with van der Waals surface area (Å²) in [7, 11) is -1.96. The first-order valence-electron chi connectivity index (χ1n) is 6.72. The van der Waals surface area contributed by atoms with Gasteiger partial charge in [0.25, 0.3) is 0 Å². The molecule has 0 N–H and O–H groups in total. The first kappa shape index (κ1) is 15.1. The summed E-state index contributed by atoms with van der Waals surface area (Å²) < 4.78 is 22.5. The van der Waals surface area contributed by atoms with Gasteiger partial charge in [0.2, 0.25) is 0 Å². The third-order valence-corrected chi connectivity index (χ3v) is 6.82. The maximum atomic E-state index is 5.89. The molecule has 102 valence electrons. The SMILES string of the molecule is CCO[Si](CC)(CCCOC1OC1C)OCC. The Hall–Kier alpha value is 0.0569. The van der Waals surface area contributed by atoms with Gasteiger partial charge in [0, 0.05) is 19.8 Å². The molecule has 0 amide bonds. The Balaban J connectivity index is 2.21. The van der Waals surface area contributed by atoms with Crippen molar-refractivity contribution in [3.63, 3.8) is 0 Å². The molecule has 1 aliphatic rings. The predicted octanol–water partition coefficient (Wildman–Crippen LogP) is 2.67. The monoisotopic (exact) mass is 262 g/mol. The summed E-state index contributed by atoms with van der Waals surface area (Å²) in [6.45, 7) is 10.5. The van der Waals surface area contributed by atoms with E-state index >= 15 is 0 Å². The lowest BCUT2D eigenvalue weighted by molar-refractivity contribution is 0.0490. The predicted molar refractivity (Wildman–Crippen MR) is 69.2 cm³/mol. The van der Waals surface area contributed by atoms with Crippen molar-refractivity contribution in [1.82, 2.24) is 0 Å². The molecule has 1 heterocycles. The van der Waals surface area contributed by atoms with Gasteiger partial charge in [-0.3, -0.25) is 0 Å². The van der Waals surface area contributed by atoms with Gasteiger partial charge in [-0.05, 0) is 39.3 Å². The smallest absolute Gasteiger partial charge is 0.337 e. The van der Waals surface area contributed by atoms with E-state index in [0.717, 1.165) is 38.3 Å². The topological polar surface area (TPSA) is 40.2 Å². The Labute approximate surface area is 106 Å². The molecule has 2 atom stereocenters. The van der Waals surface area contributed by atoms with Crippen LogP contribution in [0.5, 0.6) is 0 Å². The van der Waals surface area contributed by atoms with Crippen LogP contribution in [0.1, 0.15) is 34.1 Å². The van der Waals surface area contributed by atoms with Crippen LogP contribution in [0, 0.1) is 0 Å². The highest BCUT2D eigenvalue weighted by Gasteiger charge is 2.37. The summed E-state index contributed by atoms with van der Waals surface area (Å²) in [6.07, 6.45) is 1.31. The zero-order chi connectivity index (χ0) is 12.7. The highest BCUT2D eigenvalue weighted by atomic mass is 28.4. The third kappa shape index (κ3) is 5.05. The van der Waals surface area contributed by atoms with E-state index in [1.165, 1.54) is 0 Å². The second-order valence-electron chi connectivity index (χ2n) is 4.31. The highest BCUT2D eigenvalue weighted by Crippen LogP contribution is 2.24. The van der Waals surface area contributed by atoms with Crippen LogP contribution >= 0.6 is 0 Å². The zero-order valence-corrected chi connectivity index (χ0v) is 12.5. The van der Waals surface area contributed by atoms with Gasteiger partial charge in [0.05, 0.1) is 0 Å². The van der Waals surface area contributed by atoms with Crippen molar-refractivity contribution < 1.29 is 18.3 Å². The van der Waals surface area contributed by atoms with Gasteiger partial charge >= 0.3 is 8.56 Å². The van der Waals surface area contributed by atoms with Gasteiger partial charge in [-0.1, -0.05) is 6.92 Å². The van der Waals surface area contributed by atoms with Crippen molar-refractivity contribution in [3.8, 4) is 0 Å². The second kappa shape index (κ2) is 7.48. The molecule has 0 aromatic rings. The molecule has 5 heteroatoms. The molecule has 0 spiro atoms. The molecule has 1 fully saturated rings. The minimum Gasteiger partial charge on any atom is -0.394 e. The maximum absolute atomic E-state index is 5.89. The molecule has 0 radical (unpaired) electrons. The van der Waals surface area contributed by atoms with Crippen molar-refractivity contribution >= 4 is 8.56 Å². The molecule has 2 unspecified atom stereocenters. The minimum absolute atomic E-state index is 0.0341. The first-order chi connectivity index (χ1) is 8.17. The summed E-state index contributed by atoms with van der Waals surface area (Å²) in [5.41, 5.74) is 0. The lowest BCUT2D eigenvalue weighted by Crippen LogP contribution is -2.41. The van der Waals surface area contributed by atoms with Crippen LogP contribution < -0.4 is 0 Å². The molecule has 0 aliphatic carbocycles. The van der Waals surface area contributed by atoms with E-state index in [-0.39, 0.29) is 12.4 Å². The van der Waals surface area contributed by atoms with Crippen LogP contribution in [0.4, 0.5) is 0 Å². The second-order valence-corrected chi connectivity index (χ2v) is 7.92. The van der Waals surface area contributed by atoms with E-state index in [9.17, 15) is 0 Å². The van der Waals surface area contributed by atoms with Crippen molar-refractivity contribution in [3.05, 3.63) is 0 Å². The van der Waals surface area contributed by atoms with Crippen LogP contribution in [0.25, 0.3) is 0 Å². The van der Waals surface area contributed by atoms with E-state index in [1.807, 2.05) is 20.8 Å². The van der Waals surface area contributed by atoms with Crippen LogP contribution in [0.3, 0.4) is 0 Å². The summed E-state index contributed by atoms with van der Waals surface area (Å²) in [6, 6.07) is 2.01. The third-order valence-electron chi connectivity index (χ3n) is 2.99. The molecule has 0 aromatic carbocycles. The standard InChI is InChI=1S/C12H26O4Si/c1-5-14-17(7-3,15-6-2)10-8-9-13-12-11(4)16-12/h11-12H,5-10H2,1-4H3. The Bertz CT molecular complexity index is 207. The van der Waals surface area contributed by atoms with Gasteiger partial charge in [-0.15, -0.1) is 0 Å². The Morgan fingerprint density at radius 3 is 2.12 bits per heavy atom. The van der Waals surface area contributed by atoms with Crippen LogP contribution in [-0.2, 0) is 18.3 Å². The van der Waals surface area contributed by atoms with Gasteiger partial charge in [0.1, 0.15) is 6.10 Å². The van der Waals surface area contributed by atoms with Crippen molar-refractivity contribution in [1.29, 1.82) is 0 Å². The fourth-order valence-electron chi connectivity index (χ4n) is 1.97. The van der Waals surface area contributed by atoms with Gasteiger partial charge in [0.15, 0.2) is 6.29 Å². The largest absolute Gasteiger partial charge is 0.394 e. The van der Waals surface area contributed by atoms with Crippen LogP contribution in [0.2, 0.25) is 12.1 Å². The molecule has 0 saturated carbocycles. The summed E-state index contributed by atoms with van der Waals surface area (Å²) in [5, 5.41) is 0. The molecule has 1 saturated heterocycles. The van der Waals surface area contributed by atoms with Crippen LogP contribution in [-0.4, -0.2) is 40.8 Å². The van der Waals surface area contributed by atoms with Crippen molar-refractivity contribution in [2.45, 2.75) is 58.6 Å². The number of ether oxygens (including phenoxy) is 2. The maximum Gasteiger partial charge on any atom is 0.337 e. The molecule has 4 nitrogen and oxygen atoms in total. The lowest BCUT2D eigenvalue weighted by atomic mass is 10.5. The van der Waals surface area contributed by atoms with E-state index in [2.05, 4.69) is 6.92 Å². The molecule has 0 bridgehead atoms. The minimum atomic E-state index is -1.96. The molecule has 1 rings (SSSR count). The number of hydrogen-bond donors (Lipinski definition) is 0. The van der Waals surface area contributed by atoms with Crippen molar-refractivity contribution in [2.24, 2.45) is 0 Å². The highest BCUT2D eigenvalue weighted by molar-refractivity contribution is 6.67. The molecular formula is C12H26O4Si. The fourth-order valence-corrected chi connectivity index (χ4v) is 4.84. The fraction of sp³-hybridized carbons (Fsp3) is 1.00. The average Bonchev–Trinajstić information content (AvgIpc) is 3.01. The average molecular weight is 262 g/mol. The Morgan fingerprint density at radius 2 is 1.71 bits per heavy atom. The Morgan fingerprint density at radius 1 is 1.12 bits per heavy atom. The molecule has 0 aromatic heterocycles. The lowest BCUT2D eigenvalue weighted by Gasteiger charge is -2.28. The summed E-state index contributed by atoms with van der Waals surface area (Å²) in [4.78, 5) is 0. The van der Waals surface area contributed by atoms with E-state index < -0.39 is 8.56 Å². The van der Waals surface area contributed by atoms with E-state index in [0.29, 0.717) is 0 Å². The van der Waals surface area contributed by atoms with Gasteiger partial charge in [-0.25, -0.2) is 0 Å². The summed E-state index contributed by atoms with van der Waals surface area (Å²) in [5.74, 6) is 0.